The molecule has 0 saturated carbocycles. The quantitative estimate of drug-likeness (QED) is 0.763. The molecule has 0 radical (unpaired) electrons. The van der Waals surface area contributed by atoms with E-state index < -0.39 is 0 Å². The summed E-state index contributed by atoms with van der Waals surface area (Å²) in [7, 11) is 0. The van der Waals surface area contributed by atoms with E-state index in [-0.39, 0.29) is 24.2 Å². The first-order chi connectivity index (χ1) is 12.3. The number of para-hydroxylation sites is 2. The number of nitrogens with zero attached hydrogens (tertiary/aromatic N) is 1. The molecule has 4 rings (SSSR count). The van der Waals surface area contributed by atoms with Crippen molar-refractivity contribution in [3.8, 4) is 0 Å². The predicted molar refractivity (Wildman–Crippen MR) is 110 cm³/mol. The van der Waals surface area contributed by atoms with Gasteiger partial charge in [0.1, 0.15) is 0 Å². The van der Waals surface area contributed by atoms with Gasteiger partial charge in [0.2, 0.25) is 5.91 Å². The van der Waals surface area contributed by atoms with Crippen LogP contribution in [-0.2, 0) is 4.79 Å². The molecule has 4 nitrogen and oxygen atoms in total. The average molecular weight is 390 g/mol. The monoisotopic (exact) mass is 389 g/mol. The van der Waals surface area contributed by atoms with Crippen LogP contribution < -0.4 is 15.5 Å². The lowest BCUT2D eigenvalue weighted by Gasteiger charge is -2.32. The van der Waals surface area contributed by atoms with E-state index in [1.165, 1.54) is 21.2 Å². The van der Waals surface area contributed by atoms with Crippen molar-refractivity contribution >= 4 is 41.5 Å². The fraction of sp³-hybridized carbons (Fsp3) is 0.350. The Morgan fingerprint density at radius 1 is 1.12 bits per heavy atom. The zero-order valence-electron chi connectivity index (χ0n) is 14.6. The lowest BCUT2D eigenvalue weighted by molar-refractivity contribution is -0.124. The van der Waals surface area contributed by atoms with Crippen LogP contribution in [-0.4, -0.2) is 32.1 Å². The Balaban J connectivity index is 0.00000196. The number of hydrogen-bond acceptors (Lipinski definition) is 4. The molecule has 1 unspecified atom stereocenters. The molecule has 2 N–H and O–H groups in total. The Labute approximate surface area is 165 Å². The van der Waals surface area contributed by atoms with Crippen molar-refractivity contribution in [2.24, 2.45) is 5.92 Å². The Kier molecular flexibility index (Phi) is 6.46. The average Bonchev–Trinajstić information content (AvgIpc) is 3.19. The van der Waals surface area contributed by atoms with E-state index in [1.54, 1.807) is 0 Å². The van der Waals surface area contributed by atoms with Gasteiger partial charge in [0.05, 0.1) is 17.3 Å². The number of carbonyl (C=O) groups excluding carboxylic acids is 1. The largest absolute Gasteiger partial charge is 0.356 e. The van der Waals surface area contributed by atoms with Crippen molar-refractivity contribution in [3.05, 3.63) is 48.5 Å². The SMILES string of the molecule is Cl.O=C(NCCCN1c2ccccc2Sc2ccccc21)C1CCNC1. The van der Waals surface area contributed by atoms with Crippen LogP contribution in [0.25, 0.3) is 0 Å². The van der Waals surface area contributed by atoms with E-state index in [0.717, 1.165) is 39.0 Å². The molecule has 6 heteroatoms. The van der Waals surface area contributed by atoms with Gasteiger partial charge in [0.25, 0.3) is 0 Å². The van der Waals surface area contributed by atoms with E-state index in [4.69, 9.17) is 0 Å². The van der Waals surface area contributed by atoms with E-state index in [1.807, 2.05) is 11.8 Å². The summed E-state index contributed by atoms with van der Waals surface area (Å²) in [6, 6.07) is 17.1. The first kappa shape index (κ1) is 19.1. The lowest BCUT2D eigenvalue weighted by Crippen LogP contribution is -2.34. The van der Waals surface area contributed by atoms with Crippen molar-refractivity contribution in [1.29, 1.82) is 0 Å². The van der Waals surface area contributed by atoms with Gasteiger partial charge in [-0.25, -0.2) is 0 Å². The molecule has 1 saturated heterocycles. The van der Waals surface area contributed by atoms with Crippen LogP contribution in [0.5, 0.6) is 0 Å². The second kappa shape index (κ2) is 8.80. The van der Waals surface area contributed by atoms with Crippen molar-refractivity contribution < 1.29 is 4.79 Å². The van der Waals surface area contributed by atoms with Crippen molar-refractivity contribution in [1.82, 2.24) is 10.6 Å². The van der Waals surface area contributed by atoms with Crippen LogP contribution in [0.1, 0.15) is 12.8 Å². The van der Waals surface area contributed by atoms with Crippen LogP contribution in [0.3, 0.4) is 0 Å². The molecule has 0 spiro atoms. The third-order valence-corrected chi connectivity index (χ3v) is 5.95. The number of nitrogens with one attached hydrogen (secondary N) is 2. The Bertz CT molecular complexity index is 719. The summed E-state index contributed by atoms with van der Waals surface area (Å²) in [5.41, 5.74) is 2.52. The molecule has 26 heavy (non-hydrogen) atoms. The highest BCUT2D eigenvalue weighted by Crippen LogP contribution is 2.47. The van der Waals surface area contributed by atoms with Gasteiger partial charge in [-0.15, -0.1) is 12.4 Å². The van der Waals surface area contributed by atoms with Gasteiger partial charge in [-0.3, -0.25) is 4.79 Å². The Morgan fingerprint density at radius 3 is 2.38 bits per heavy atom. The van der Waals surface area contributed by atoms with Gasteiger partial charge in [0, 0.05) is 29.4 Å². The standard InChI is InChI=1S/C20H23N3OS.ClH/c24-20(15-10-12-21-14-15)22-11-5-13-23-16-6-1-3-8-18(16)25-19-9-4-2-7-17(19)23;/h1-4,6-9,15,21H,5,10-14H2,(H,22,24);1H. The fourth-order valence-electron chi connectivity index (χ4n) is 3.49. The zero-order valence-corrected chi connectivity index (χ0v) is 16.2. The summed E-state index contributed by atoms with van der Waals surface area (Å²) in [6.07, 6.45) is 1.88. The molecule has 138 valence electrons. The van der Waals surface area contributed by atoms with Crippen molar-refractivity contribution in [2.45, 2.75) is 22.6 Å². The minimum Gasteiger partial charge on any atom is -0.356 e. The van der Waals surface area contributed by atoms with Crippen LogP contribution in [0, 0.1) is 5.92 Å². The second-order valence-corrected chi connectivity index (χ2v) is 7.61. The minimum absolute atomic E-state index is 0. The molecule has 0 bridgehead atoms. The van der Waals surface area contributed by atoms with Gasteiger partial charge in [-0.1, -0.05) is 36.0 Å². The molecule has 2 aliphatic heterocycles. The highest BCUT2D eigenvalue weighted by Gasteiger charge is 2.23. The highest BCUT2D eigenvalue weighted by atomic mass is 35.5. The number of carbonyl (C=O) groups is 1. The van der Waals surface area contributed by atoms with Gasteiger partial charge >= 0.3 is 0 Å². The Morgan fingerprint density at radius 2 is 1.77 bits per heavy atom. The van der Waals surface area contributed by atoms with Gasteiger partial charge in [-0.05, 0) is 43.7 Å². The van der Waals surface area contributed by atoms with Gasteiger partial charge in [0.15, 0.2) is 0 Å². The normalized spacial score (nSPS) is 17.8. The molecule has 1 amide bonds. The molecule has 2 heterocycles. The van der Waals surface area contributed by atoms with Crippen molar-refractivity contribution in [2.75, 3.05) is 31.1 Å². The minimum atomic E-state index is 0. The van der Waals surface area contributed by atoms with Crippen molar-refractivity contribution in [3.63, 3.8) is 0 Å². The van der Waals surface area contributed by atoms with E-state index >= 15 is 0 Å². The number of fused-ring (bicyclic) bond motifs is 2. The highest BCUT2D eigenvalue weighted by molar-refractivity contribution is 7.99. The third-order valence-electron chi connectivity index (χ3n) is 4.82. The van der Waals surface area contributed by atoms with E-state index in [2.05, 4.69) is 64.1 Å². The molecule has 2 aliphatic rings. The molecular formula is C20H24ClN3OS. The maximum atomic E-state index is 12.1. The van der Waals surface area contributed by atoms with E-state index in [0.29, 0.717) is 0 Å². The molecule has 1 atom stereocenters. The Hall–Kier alpha value is -1.69. The second-order valence-electron chi connectivity index (χ2n) is 6.52. The number of rotatable bonds is 5. The van der Waals surface area contributed by atoms with Crippen LogP contribution >= 0.6 is 24.2 Å². The number of halogens is 1. The number of hydrogen-bond donors (Lipinski definition) is 2. The summed E-state index contributed by atoms with van der Waals surface area (Å²) >= 11 is 1.83. The van der Waals surface area contributed by atoms with Crippen LogP contribution in [0.4, 0.5) is 11.4 Å². The molecule has 0 aromatic heterocycles. The van der Waals surface area contributed by atoms with Crippen LogP contribution in [0.2, 0.25) is 0 Å². The summed E-state index contributed by atoms with van der Waals surface area (Å²) in [4.78, 5) is 17.1. The summed E-state index contributed by atoms with van der Waals surface area (Å²) < 4.78 is 0. The first-order valence-electron chi connectivity index (χ1n) is 8.95. The molecule has 0 aliphatic carbocycles. The van der Waals surface area contributed by atoms with Gasteiger partial charge < -0.3 is 15.5 Å². The topological polar surface area (TPSA) is 44.4 Å². The predicted octanol–water partition coefficient (Wildman–Crippen LogP) is 3.83. The number of amides is 1. The summed E-state index contributed by atoms with van der Waals surface area (Å²) in [6.45, 7) is 3.40. The molecular weight excluding hydrogens is 366 g/mol. The van der Waals surface area contributed by atoms with E-state index in [9.17, 15) is 4.79 Å². The first-order valence-corrected chi connectivity index (χ1v) is 9.76. The number of anilines is 2. The third kappa shape index (κ3) is 4.00. The molecule has 2 aromatic rings. The van der Waals surface area contributed by atoms with Gasteiger partial charge in [-0.2, -0.15) is 0 Å². The molecule has 2 aromatic carbocycles. The lowest BCUT2D eigenvalue weighted by atomic mass is 10.1. The fourth-order valence-corrected chi connectivity index (χ4v) is 4.59. The zero-order chi connectivity index (χ0) is 17.1. The smallest absolute Gasteiger partial charge is 0.224 e. The maximum Gasteiger partial charge on any atom is 0.224 e. The van der Waals surface area contributed by atoms with Crippen LogP contribution in [0.15, 0.2) is 58.3 Å². The summed E-state index contributed by atoms with van der Waals surface area (Å²) in [5.74, 6) is 0.341. The number of benzene rings is 2. The summed E-state index contributed by atoms with van der Waals surface area (Å²) in [5, 5.41) is 6.35. The molecule has 1 fully saturated rings. The maximum absolute atomic E-state index is 12.1.